The van der Waals surface area contributed by atoms with Crippen LogP contribution in [0.5, 0.6) is 0 Å². The molecule has 26 heavy (non-hydrogen) atoms. The highest BCUT2D eigenvalue weighted by atomic mass is 16.6. The minimum absolute atomic E-state index is 0.128. The molecule has 0 bridgehead atoms. The van der Waals surface area contributed by atoms with Crippen LogP contribution in [0.15, 0.2) is 59.6 Å². The van der Waals surface area contributed by atoms with Crippen LogP contribution in [0.2, 0.25) is 0 Å². The third-order valence-electron chi connectivity index (χ3n) is 4.82. The van der Waals surface area contributed by atoms with E-state index in [-0.39, 0.29) is 17.0 Å². The van der Waals surface area contributed by atoms with Crippen LogP contribution in [-0.4, -0.2) is 38.7 Å². The van der Waals surface area contributed by atoms with Crippen molar-refractivity contribution in [3.63, 3.8) is 0 Å². The summed E-state index contributed by atoms with van der Waals surface area (Å²) in [5.41, 5.74) is 11.1. The van der Waals surface area contributed by atoms with Gasteiger partial charge in [-0.1, -0.05) is 30.3 Å². The molecule has 6 nitrogen and oxygen atoms in total. The highest BCUT2D eigenvalue weighted by Gasteiger charge is 2.44. The van der Waals surface area contributed by atoms with E-state index in [1.165, 1.54) is 0 Å². The molecule has 0 aliphatic carbocycles. The number of nitrogens with zero attached hydrogens (tertiary/aromatic N) is 2. The minimum Gasteiger partial charge on any atom is -0.393 e. The van der Waals surface area contributed by atoms with Crippen LogP contribution >= 0.6 is 0 Å². The van der Waals surface area contributed by atoms with Crippen LogP contribution in [0.25, 0.3) is 11.4 Å². The van der Waals surface area contributed by atoms with Gasteiger partial charge >= 0.3 is 5.97 Å². The predicted octanol–water partition coefficient (Wildman–Crippen LogP) is 1.92. The Labute approximate surface area is 152 Å². The Morgan fingerprint density at radius 2 is 1.92 bits per heavy atom. The van der Waals surface area contributed by atoms with Gasteiger partial charge in [0, 0.05) is 18.2 Å². The van der Waals surface area contributed by atoms with Crippen molar-refractivity contribution < 1.29 is 9.53 Å². The van der Waals surface area contributed by atoms with Crippen molar-refractivity contribution >= 4 is 29.1 Å². The summed E-state index contributed by atoms with van der Waals surface area (Å²) in [5.74, 6) is -0.349. The summed E-state index contributed by atoms with van der Waals surface area (Å²) in [4.78, 5) is 16.8. The van der Waals surface area contributed by atoms with Crippen molar-refractivity contribution in [2.24, 2.45) is 10.7 Å². The maximum absolute atomic E-state index is 12.6. The number of para-hydroxylation sites is 1. The zero-order valence-corrected chi connectivity index (χ0v) is 14.6. The molecule has 1 unspecified atom stereocenters. The van der Waals surface area contributed by atoms with Crippen LogP contribution in [0.3, 0.4) is 0 Å². The third-order valence-corrected chi connectivity index (χ3v) is 4.82. The highest BCUT2D eigenvalue weighted by Crippen LogP contribution is 2.46. The van der Waals surface area contributed by atoms with Crippen LogP contribution in [-0.2, 0) is 9.53 Å². The molecular weight excluding hydrogens is 328 g/mol. The molecule has 2 aliphatic heterocycles. The Morgan fingerprint density at radius 1 is 1.19 bits per heavy atom. The number of esters is 1. The van der Waals surface area contributed by atoms with Gasteiger partial charge < -0.3 is 15.8 Å². The minimum atomic E-state index is -0.349. The molecule has 0 aromatic heterocycles. The summed E-state index contributed by atoms with van der Waals surface area (Å²) in [7, 11) is 1.99. The molecule has 2 heterocycles. The van der Waals surface area contributed by atoms with E-state index in [9.17, 15) is 4.79 Å². The Hall–Kier alpha value is -3.12. The number of carbonyl (C=O) groups is 1. The first-order chi connectivity index (χ1) is 12.6. The summed E-state index contributed by atoms with van der Waals surface area (Å²) in [6, 6.07) is 18.2. The first kappa shape index (κ1) is 16.4. The van der Waals surface area contributed by atoms with E-state index in [0.717, 1.165) is 22.5 Å². The van der Waals surface area contributed by atoms with Gasteiger partial charge in [0.25, 0.3) is 6.02 Å². The molecule has 6 heteroatoms. The molecule has 4 rings (SSSR count). The number of nitrogens with two attached hydrogens (primary N) is 1. The van der Waals surface area contributed by atoms with Gasteiger partial charge in [0.15, 0.2) is 12.2 Å². The van der Waals surface area contributed by atoms with Gasteiger partial charge in [0.2, 0.25) is 0 Å². The lowest BCUT2D eigenvalue weighted by Gasteiger charge is -2.31. The van der Waals surface area contributed by atoms with Crippen molar-refractivity contribution in [1.82, 2.24) is 9.80 Å². The van der Waals surface area contributed by atoms with E-state index < -0.39 is 0 Å². The molecule has 2 aromatic rings. The number of carbonyl (C=O) groups excluding carboxylic acids is 1. The molecular formula is C20H21N4O2+. The normalized spacial score (nSPS) is 21.2. The fourth-order valence-corrected chi connectivity index (χ4v) is 3.69. The first-order valence-electron chi connectivity index (χ1n) is 8.60. The summed E-state index contributed by atoms with van der Waals surface area (Å²) < 4.78 is 5.66. The van der Waals surface area contributed by atoms with E-state index >= 15 is 0 Å². The van der Waals surface area contributed by atoms with Crippen molar-refractivity contribution in [3.8, 4) is 0 Å². The number of likely N-dealkylation sites (N-methyl/N-ethyl adjacent to an activating group) is 1. The number of amidine groups is 1. The number of fused-ring (bicyclic) bond motifs is 1. The number of hydrogen-bond donors (Lipinski definition) is 2. The van der Waals surface area contributed by atoms with Gasteiger partial charge in [-0.15, -0.1) is 0 Å². The molecule has 0 radical (unpaired) electrons. The Morgan fingerprint density at radius 3 is 2.65 bits per heavy atom. The van der Waals surface area contributed by atoms with Gasteiger partial charge in [-0.2, -0.15) is 0 Å². The maximum Gasteiger partial charge on any atom is 0.370 e. The van der Waals surface area contributed by atoms with E-state index in [1.54, 1.807) is 0 Å². The van der Waals surface area contributed by atoms with Crippen molar-refractivity contribution in [1.29, 1.82) is 0 Å². The Kier molecular flexibility index (Phi) is 3.97. The van der Waals surface area contributed by atoms with Gasteiger partial charge in [0.1, 0.15) is 11.4 Å². The maximum atomic E-state index is 12.6. The number of aliphatic imine (C=N–C) groups is 1. The second-order valence-corrected chi connectivity index (χ2v) is 6.58. The largest absolute Gasteiger partial charge is 0.393 e. The fourth-order valence-electron chi connectivity index (χ4n) is 3.69. The summed E-state index contributed by atoms with van der Waals surface area (Å²) in [6.45, 7) is 1.45. The molecule has 132 valence electrons. The van der Waals surface area contributed by atoms with Gasteiger partial charge in [-0.3, -0.25) is 0 Å². The molecule has 0 fully saturated rings. The monoisotopic (exact) mass is 349 g/mol. The van der Waals surface area contributed by atoms with Gasteiger partial charge in [0.05, 0.1) is 19.2 Å². The summed E-state index contributed by atoms with van der Waals surface area (Å²) in [5, 5.41) is 2.96. The third kappa shape index (κ3) is 2.64. The van der Waals surface area contributed by atoms with E-state index in [2.05, 4.69) is 10.3 Å². The van der Waals surface area contributed by atoms with Crippen molar-refractivity contribution in [2.45, 2.75) is 0 Å². The number of nitrogens with one attached hydrogen (secondary N) is 1. The number of ether oxygens (including phenoxy) is 1. The highest BCUT2D eigenvalue weighted by molar-refractivity contribution is 6.04. The smallest absolute Gasteiger partial charge is 0.370 e. The Bertz CT molecular complexity index is 920. The molecule has 0 spiro atoms. The fraction of sp³-hybridized carbons (Fsp3) is 0.200. The standard InChI is InChI=1S/C20H21N4O2/c1-24(13-17(25)26-20-22-11-12-23-20)16-10-6-5-9-15(16)18(21)19(24)14-7-3-2-4-8-14/h2-10H,11-13,21H2,1H3,(H,22,23)/q+1. The number of rotatable bonds is 3. The quantitative estimate of drug-likeness (QED) is 0.656. The van der Waals surface area contributed by atoms with E-state index in [0.29, 0.717) is 24.8 Å². The molecule has 0 saturated carbocycles. The second kappa shape index (κ2) is 6.31. The zero-order valence-electron chi connectivity index (χ0n) is 14.6. The van der Waals surface area contributed by atoms with Gasteiger partial charge in [-0.05, 0) is 18.2 Å². The number of hydrogen-bond acceptors (Lipinski definition) is 5. The first-order valence-corrected chi connectivity index (χ1v) is 8.60. The predicted molar refractivity (Wildman–Crippen MR) is 103 cm³/mol. The van der Waals surface area contributed by atoms with Crippen LogP contribution < -0.4 is 15.5 Å². The molecule has 3 N–H and O–H groups in total. The van der Waals surface area contributed by atoms with E-state index in [4.69, 9.17) is 10.5 Å². The Balaban J connectivity index is 1.74. The van der Waals surface area contributed by atoms with Crippen LogP contribution in [0.4, 0.5) is 5.69 Å². The lowest BCUT2D eigenvalue weighted by atomic mass is 10.1. The van der Waals surface area contributed by atoms with Crippen LogP contribution in [0, 0.1) is 0 Å². The summed E-state index contributed by atoms with van der Waals surface area (Å²) in [6.07, 6.45) is 0. The number of quaternary nitrogens is 1. The SMILES string of the molecule is C[N+]1(CC(=O)OC2=NCCN2)C(c2ccccc2)=C(N)c2ccccc21. The summed E-state index contributed by atoms with van der Waals surface area (Å²) >= 11 is 0. The topological polar surface area (TPSA) is 76.7 Å². The van der Waals surface area contributed by atoms with E-state index in [1.807, 2.05) is 61.6 Å². The van der Waals surface area contributed by atoms with Gasteiger partial charge in [-0.25, -0.2) is 14.3 Å². The molecule has 0 saturated heterocycles. The molecule has 2 aliphatic rings. The molecule has 0 amide bonds. The van der Waals surface area contributed by atoms with Crippen molar-refractivity contribution in [2.75, 3.05) is 26.7 Å². The zero-order chi connectivity index (χ0) is 18.1. The van der Waals surface area contributed by atoms with Crippen LogP contribution in [0.1, 0.15) is 11.1 Å². The average Bonchev–Trinajstić information content (AvgIpc) is 3.22. The molecule has 1 atom stereocenters. The molecule has 2 aromatic carbocycles. The lowest BCUT2D eigenvalue weighted by Crippen LogP contribution is -2.47. The van der Waals surface area contributed by atoms with Crippen molar-refractivity contribution in [3.05, 3.63) is 65.7 Å². The average molecular weight is 349 g/mol. The number of benzene rings is 2. The lowest BCUT2D eigenvalue weighted by molar-refractivity contribution is -0.135. The second-order valence-electron chi connectivity index (χ2n) is 6.58.